The van der Waals surface area contributed by atoms with E-state index >= 15 is 0 Å². The van der Waals surface area contributed by atoms with Gasteiger partial charge >= 0.3 is 0 Å². The van der Waals surface area contributed by atoms with Crippen LogP contribution in [0.1, 0.15) is 20.8 Å². The fourth-order valence-electron chi connectivity index (χ4n) is 0.195. The van der Waals surface area contributed by atoms with Gasteiger partial charge in [0.25, 0.3) is 0 Å². The third-order valence-corrected chi connectivity index (χ3v) is 0.419. The van der Waals surface area contributed by atoms with E-state index in [9.17, 15) is 0 Å². The van der Waals surface area contributed by atoms with Gasteiger partial charge in [0.15, 0.2) is 0 Å². The van der Waals surface area contributed by atoms with E-state index in [0.717, 1.165) is 0 Å². The minimum atomic E-state index is 0.159. The summed E-state index contributed by atoms with van der Waals surface area (Å²) in [4.78, 5) is 4.83. The first-order chi connectivity index (χ1) is 3.63. The highest BCUT2D eigenvalue weighted by Gasteiger charge is 1.86. The normalized spacial score (nSPS) is 12.4. The largest absolute Gasteiger partial charge is 0.393 e. The van der Waals surface area contributed by atoms with Crippen LogP contribution in [0.3, 0.4) is 0 Å². The summed E-state index contributed by atoms with van der Waals surface area (Å²) in [6.45, 7) is 9.18. The van der Waals surface area contributed by atoms with Crippen molar-refractivity contribution in [2.45, 2.75) is 26.9 Å². The summed E-state index contributed by atoms with van der Waals surface area (Å²) in [5.74, 6) is 0. The summed E-state index contributed by atoms with van der Waals surface area (Å²) in [5, 5.41) is 3.63. The van der Waals surface area contributed by atoms with Crippen molar-refractivity contribution in [1.29, 1.82) is 0 Å². The van der Waals surface area contributed by atoms with Crippen molar-refractivity contribution in [2.75, 3.05) is 0 Å². The zero-order valence-corrected chi connectivity index (χ0v) is 5.64. The van der Waals surface area contributed by atoms with Crippen molar-refractivity contribution in [2.24, 2.45) is 5.16 Å². The third kappa shape index (κ3) is 5.47. The quantitative estimate of drug-likeness (QED) is 0.395. The summed E-state index contributed by atoms with van der Waals surface area (Å²) in [5.41, 5.74) is 0.707. The molecule has 0 aromatic heterocycles. The second-order valence-electron chi connectivity index (χ2n) is 1.98. The molecule has 0 saturated heterocycles. The smallest absolute Gasteiger partial charge is 0.122 e. The first kappa shape index (κ1) is 7.47. The average molecular weight is 114 g/mol. The second kappa shape index (κ2) is 3.47. The molecular weight excluding hydrogens is 102 g/mol. The molecule has 8 heavy (non-hydrogen) atoms. The molecule has 0 aliphatic carbocycles. The van der Waals surface area contributed by atoms with Gasteiger partial charge in [-0.3, -0.25) is 0 Å². The number of nitrogens with zero attached hydrogens (tertiary/aromatic N) is 1. The third-order valence-electron chi connectivity index (χ3n) is 0.419. The summed E-state index contributed by atoms with van der Waals surface area (Å²) in [6.07, 6.45) is 0.159. The molecule has 0 atom stereocenters. The summed E-state index contributed by atoms with van der Waals surface area (Å²) in [7, 11) is 0. The lowest BCUT2D eigenvalue weighted by molar-refractivity contribution is 0.0861. The van der Waals surface area contributed by atoms with Crippen LogP contribution < -0.4 is 0 Å². The minimum absolute atomic E-state index is 0.159. The van der Waals surface area contributed by atoms with Crippen LogP contribution >= 0.6 is 0 Å². The van der Waals surface area contributed by atoms with E-state index in [2.05, 4.69) is 12.1 Å². The summed E-state index contributed by atoms with van der Waals surface area (Å²) >= 11 is 0. The molecule has 0 saturated carbocycles. The first-order valence-electron chi connectivity index (χ1n) is 2.65. The van der Waals surface area contributed by atoms with E-state index in [0.29, 0.717) is 5.71 Å². The average Bonchev–Trinajstić information content (AvgIpc) is 1.61. The Morgan fingerprint density at radius 3 is 2.25 bits per heavy atom. The molecule has 47 valence electrons. The van der Waals surface area contributed by atoms with Crippen molar-refractivity contribution in [3.05, 3.63) is 6.92 Å². The number of oxime groups is 1. The zero-order chi connectivity index (χ0) is 6.57. The molecule has 0 spiro atoms. The first-order valence-corrected chi connectivity index (χ1v) is 2.65. The molecule has 0 aliphatic rings. The van der Waals surface area contributed by atoms with Gasteiger partial charge in [0, 0.05) is 0 Å². The molecule has 0 aromatic carbocycles. The van der Waals surface area contributed by atoms with Crippen LogP contribution in [0.25, 0.3) is 0 Å². The predicted octanol–water partition coefficient (Wildman–Crippen LogP) is 1.62. The Bertz CT molecular complexity index is 82.5. The van der Waals surface area contributed by atoms with E-state index in [1.54, 1.807) is 6.92 Å². The van der Waals surface area contributed by atoms with Gasteiger partial charge in [0.05, 0.1) is 5.71 Å². The predicted molar refractivity (Wildman–Crippen MR) is 34.7 cm³/mol. The van der Waals surface area contributed by atoms with Gasteiger partial charge in [-0.1, -0.05) is 5.16 Å². The van der Waals surface area contributed by atoms with E-state index in [4.69, 9.17) is 4.84 Å². The molecule has 0 fully saturated rings. The molecule has 0 heterocycles. The maximum absolute atomic E-state index is 4.83. The van der Waals surface area contributed by atoms with Crippen LogP contribution in [0.4, 0.5) is 0 Å². The van der Waals surface area contributed by atoms with Crippen LogP contribution in [0.2, 0.25) is 0 Å². The van der Waals surface area contributed by atoms with Gasteiger partial charge in [0.1, 0.15) is 6.10 Å². The van der Waals surface area contributed by atoms with Crippen molar-refractivity contribution < 1.29 is 4.84 Å². The van der Waals surface area contributed by atoms with Crippen LogP contribution in [-0.4, -0.2) is 11.8 Å². The highest BCUT2D eigenvalue weighted by molar-refractivity contribution is 5.85. The van der Waals surface area contributed by atoms with Crippen LogP contribution in [0.5, 0.6) is 0 Å². The number of rotatable bonds is 2. The van der Waals surface area contributed by atoms with Gasteiger partial charge in [-0.05, 0) is 27.7 Å². The lowest BCUT2D eigenvalue weighted by Gasteiger charge is -2.00. The Morgan fingerprint density at radius 2 is 2.12 bits per heavy atom. The van der Waals surface area contributed by atoms with Gasteiger partial charge < -0.3 is 4.84 Å². The van der Waals surface area contributed by atoms with Crippen molar-refractivity contribution in [3.63, 3.8) is 0 Å². The van der Waals surface area contributed by atoms with Crippen molar-refractivity contribution in [3.8, 4) is 0 Å². The molecule has 0 N–H and O–H groups in total. The minimum Gasteiger partial charge on any atom is -0.393 e. The molecular formula is C6H12NO. The molecule has 0 bridgehead atoms. The summed E-state index contributed by atoms with van der Waals surface area (Å²) in [6, 6.07) is 0. The molecule has 2 nitrogen and oxygen atoms in total. The van der Waals surface area contributed by atoms with E-state index in [1.807, 2.05) is 13.8 Å². The van der Waals surface area contributed by atoms with Crippen LogP contribution in [0.15, 0.2) is 5.16 Å². The zero-order valence-electron chi connectivity index (χ0n) is 5.64. The van der Waals surface area contributed by atoms with Crippen LogP contribution in [-0.2, 0) is 4.84 Å². The molecule has 0 unspecified atom stereocenters. The maximum atomic E-state index is 4.83. The summed E-state index contributed by atoms with van der Waals surface area (Å²) < 4.78 is 0. The fraction of sp³-hybridized carbons (Fsp3) is 0.667. The monoisotopic (exact) mass is 114 g/mol. The lowest BCUT2D eigenvalue weighted by atomic mass is 10.5. The SMILES string of the molecule is [CH2]/C(C)=N\OC(C)C. The van der Waals surface area contributed by atoms with Crippen LogP contribution in [0, 0.1) is 6.92 Å². The van der Waals surface area contributed by atoms with Crippen molar-refractivity contribution >= 4 is 5.71 Å². The molecule has 0 rings (SSSR count). The molecule has 1 radical (unpaired) electrons. The standard InChI is InChI=1S/C6H12NO/c1-5(2)7-8-6(3)4/h6H,1H2,2-4H3/b7-5+. The Labute approximate surface area is 50.5 Å². The Kier molecular flexibility index (Phi) is 3.24. The molecule has 0 aliphatic heterocycles. The Hall–Kier alpha value is -0.530. The Morgan fingerprint density at radius 1 is 1.62 bits per heavy atom. The van der Waals surface area contributed by atoms with E-state index in [1.165, 1.54) is 0 Å². The van der Waals surface area contributed by atoms with Gasteiger partial charge in [-0.15, -0.1) is 0 Å². The van der Waals surface area contributed by atoms with E-state index < -0.39 is 0 Å². The second-order valence-corrected chi connectivity index (χ2v) is 1.98. The van der Waals surface area contributed by atoms with Gasteiger partial charge in [-0.25, -0.2) is 0 Å². The molecule has 2 heteroatoms. The molecule has 0 amide bonds. The topological polar surface area (TPSA) is 21.6 Å². The number of hydrogen-bond donors (Lipinski definition) is 0. The molecule has 0 aromatic rings. The van der Waals surface area contributed by atoms with Crippen molar-refractivity contribution in [1.82, 2.24) is 0 Å². The van der Waals surface area contributed by atoms with E-state index in [-0.39, 0.29) is 6.10 Å². The highest BCUT2D eigenvalue weighted by atomic mass is 16.6. The highest BCUT2D eigenvalue weighted by Crippen LogP contribution is 1.87. The van der Waals surface area contributed by atoms with Gasteiger partial charge in [0.2, 0.25) is 0 Å². The fourth-order valence-corrected chi connectivity index (χ4v) is 0.195. The van der Waals surface area contributed by atoms with Gasteiger partial charge in [-0.2, -0.15) is 0 Å². The lowest BCUT2D eigenvalue weighted by Crippen LogP contribution is -1.97. The Balaban J connectivity index is 3.29. The maximum Gasteiger partial charge on any atom is 0.122 e. The number of hydrogen-bond acceptors (Lipinski definition) is 2.